The third-order valence-electron chi connectivity index (χ3n) is 7.33. The Kier molecular flexibility index (Phi) is 2.78. The van der Waals surface area contributed by atoms with Gasteiger partial charge >= 0.3 is 0 Å². The smallest absolute Gasteiger partial charge is 0.0205 e. The summed E-state index contributed by atoms with van der Waals surface area (Å²) in [4.78, 5) is 0. The second-order valence-electron chi connectivity index (χ2n) is 8.43. The highest BCUT2D eigenvalue weighted by Crippen LogP contribution is 2.63. The molecule has 0 spiro atoms. The van der Waals surface area contributed by atoms with E-state index in [1.807, 2.05) is 0 Å². The highest BCUT2D eigenvalue weighted by molar-refractivity contribution is 5.67. The molecule has 0 fully saturated rings. The molecule has 132 valence electrons. The van der Waals surface area contributed by atoms with Gasteiger partial charge in [-0.2, -0.15) is 0 Å². The summed E-state index contributed by atoms with van der Waals surface area (Å²) in [6.45, 7) is 0. The lowest BCUT2D eigenvalue weighted by molar-refractivity contribution is 0.529. The van der Waals surface area contributed by atoms with E-state index < -0.39 is 0 Å². The molecular formula is C28H20. The van der Waals surface area contributed by atoms with Crippen molar-refractivity contribution in [1.82, 2.24) is 0 Å². The molecule has 0 unspecified atom stereocenters. The molecule has 0 aliphatic heterocycles. The molecular weight excluding hydrogens is 336 g/mol. The van der Waals surface area contributed by atoms with Gasteiger partial charge in [-0.05, 0) is 44.5 Å². The van der Waals surface area contributed by atoms with Crippen molar-refractivity contribution in [3.05, 3.63) is 142 Å². The largest absolute Gasteiger partial charge is 0.0620 e. The van der Waals surface area contributed by atoms with Gasteiger partial charge in [0.05, 0.1) is 0 Å². The van der Waals surface area contributed by atoms with Crippen LogP contribution in [0.5, 0.6) is 0 Å². The van der Waals surface area contributed by atoms with Crippen LogP contribution >= 0.6 is 0 Å². The lowest BCUT2D eigenvalue weighted by Crippen LogP contribution is -2.35. The molecule has 10 rings (SSSR count). The van der Waals surface area contributed by atoms with Crippen LogP contribution in [0, 0.1) is 0 Å². The molecule has 0 saturated carbocycles. The fraction of sp³-hybridized carbons (Fsp3) is 0.143. The van der Waals surface area contributed by atoms with Gasteiger partial charge < -0.3 is 0 Å². The highest BCUT2D eigenvalue weighted by Gasteiger charge is 2.49. The highest BCUT2D eigenvalue weighted by atomic mass is 14.5. The minimum absolute atomic E-state index is 0.382. The molecule has 0 radical (unpaired) electrons. The van der Waals surface area contributed by atoms with Crippen LogP contribution in [0.15, 0.2) is 97.1 Å². The summed E-state index contributed by atoms with van der Waals surface area (Å²) in [7, 11) is 0. The fourth-order valence-electron chi connectivity index (χ4n) is 6.42. The van der Waals surface area contributed by atoms with Crippen LogP contribution in [0.25, 0.3) is 0 Å². The van der Waals surface area contributed by atoms with Crippen LogP contribution in [0.1, 0.15) is 68.2 Å². The molecule has 0 saturated heterocycles. The normalized spacial score (nSPS) is 25.1. The lowest BCUT2D eigenvalue weighted by Gasteiger charge is -2.50. The summed E-state index contributed by atoms with van der Waals surface area (Å²) < 4.78 is 0. The molecule has 6 aliphatic rings. The van der Waals surface area contributed by atoms with Crippen molar-refractivity contribution < 1.29 is 0 Å². The predicted octanol–water partition coefficient (Wildman–Crippen LogP) is 6.55. The molecule has 4 aromatic carbocycles. The fourth-order valence-corrected chi connectivity index (χ4v) is 6.42. The second-order valence-corrected chi connectivity index (χ2v) is 8.43. The maximum absolute atomic E-state index is 2.38. The van der Waals surface area contributed by atoms with Crippen molar-refractivity contribution in [2.24, 2.45) is 0 Å². The second kappa shape index (κ2) is 5.23. The first kappa shape index (κ1) is 14.9. The topological polar surface area (TPSA) is 0 Å². The molecule has 6 aliphatic carbocycles. The van der Waals surface area contributed by atoms with E-state index >= 15 is 0 Å². The first-order valence-electron chi connectivity index (χ1n) is 10.3. The van der Waals surface area contributed by atoms with Crippen molar-refractivity contribution in [2.45, 2.75) is 23.7 Å². The van der Waals surface area contributed by atoms with Crippen molar-refractivity contribution in [3.8, 4) is 0 Å². The molecule has 0 heteroatoms. The summed E-state index contributed by atoms with van der Waals surface area (Å²) in [5.41, 5.74) is 12.3. The molecule has 0 N–H and O–H groups in total. The van der Waals surface area contributed by atoms with Gasteiger partial charge in [-0.1, -0.05) is 97.1 Å². The van der Waals surface area contributed by atoms with Gasteiger partial charge in [0.25, 0.3) is 0 Å². The summed E-state index contributed by atoms with van der Waals surface area (Å²) in [6, 6.07) is 36.9. The van der Waals surface area contributed by atoms with E-state index in [2.05, 4.69) is 97.1 Å². The Balaban J connectivity index is 1.69. The van der Waals surface area contributed by atoms with E-state index in [1.165, 1.54) is 44.5 Å². The number of benzene rings is 4. The van der Waals surface area contributed by atoms with Crippen LogP contribution in [0.2, 0.25) is 0 Å². The number of hydrogen-bond acceptors (Lipinski definition) is 0. The molecule has 4 bridgehead atoms. The van der Waals surface area contributed by atoms with E-state index in [9.17, 15) is 0 Å². The predicted molar refractivity (Wildman–Crippen MR) is 113 cm³/mol. The maximum Gasteiger partial charge on any atom is 0.0205 e. The van der Waals surface area contributed by atoms with E-state index in [1.54, 1.807) is 0 Å². The molecule has 0 nitrogen and oxygen atoms in total. The van der Waals surface area contributed by atoms with Crippen molar-refractivity contribution >= 4 is 0 Å². The Labute approximate surface area is 165 Å². The van der Waals surface area contributed by atoms with E-state index in [-0.39, 0.29) is 0 Å². The van der Waals surface area contributed by atoms with Crippen LogP contribution in [-0.2, 0) is 0 Å². The van der Waals surface area contributed by atoms with Crippen LogP contribution in [0.3, 0.4) is 0 Å². The average Bonchev–Trinajstić information content (AvgIpc) is 2.74. The summed E-state index contributed by atoms with van der Waals surface area (Å²) in [6.07, 6.45) is 0. The van der Waals surface area contributed by atoms with E-state index in [0.29, 0.717) is 23.7 Å². The zero-order valence-electron chi connectivity index (χ0n) is 15.5. The molecule has 0 amide bonds. The van der Waals surface area contributed by atoms with Crippen LogP contribution in [0.4, 0.5) is 0 Å². The van der Waals surface area contributed by atoms with E-state index in [0.717, 1.165) is 0 Å². The van der Waals surface area contributed by atoms with Gasteiger partial charge in [-0.15, -0.1) is 0 Å². The standard InChI is InChI=1S/C28H20/c1-2-10-18-17(9-1)25-19-11-3-4-12-20(19)26(18)28-23-15-7-5-13-21(23)27(25)22-14-6-8-16-24(22)28/h1-16,25-28H. The Hall–Kier alpha value is -3.12. The van der Waals surface area contributed by atoms with Crippen molar-refractivity contribution in [2.75, 3.05) is 0 Å². The van der Waals surface area contributed by atoms with Gasteiger partial charge in [-0.3, -0.25) is 0 Å². The van der Waals surface area contributed by atoms with E-state index in [4.69, 9.17) is 0 Å². The Morgan fingerprint density at radius 2 is 0.393 bits per heavy atom. The molecule has 0 aromatic heterocycles. The first-order chi connectivity index (χ1) is 13.9. The van der Waals surface area contributed by atoms with Crippen LogP contribution < -0.4 is 0 Å². The van der Waals surface area contributed by atoms with Gasteiger partial charge in [-0.25, -0.2) is 0 Å². The van der Waals surface area contributed by atoms with Gasteiger partial charge in [0.2, 0.25) is 0 Å². The maximum atomic E-state index is 2.38. The monoisotopic (exact) mass is 356 g/mol. The Morgan fingerprint density at radius 1 is 0.250 bits per heavy atom. The van der Waals surface area contributed by atoms with Gasteiger partial charge in [0.1, 0.15) is 0 Å². The SMILES string of the molecule is c1ccc2c(c1)C1c3ccccc3C2C2c3ccccc3C1c1ccccc12. The summed E-state index contributed by atoms with van der Waals surface area (Å²) >= 11 is 0. The zero-order chi connectivity index (χ0) is 18.2. The first-order valence-corrected chi connectivity index (χ1v) is 10.3. The van der Waals surface area contributed by atoms with Crippen LogP contribution in [-0.4, -0.2) is 0 Å². The minimum atomic E-state index is 0.382. The Bertz CT molecular complexity index is 958. The van der Waals surface area contributed by atoms with Gasteiger partial charge in [0.15, 0.2) is 0 Å². The third-order valence-corrected chi connectivity index (χ3v) is 7.33. The lowest BCUT2D eigenvalue weighted by atomic mass is 9.53. The number of rotatable bonds is 0. The Morgan fingerprint density at radius 3 is 0.536 bits per heavy atom. The molecule has 4 aromatic rings. The average molecular weight is 356 g/mol. The van der Waals surface area contributed by atoms with Crippen molar-refractivity contribution in [1.29, 1.82) is 0 Å². The molecule has 28 heavy (non-hydrogen) atoms. The summed E-state index contributed by atoms with van der Waals surface area (Å²) in [5.74, 6) is 1.53. The van der Waals surface area contributed by atoms with Gasteiger partial charge in [0, 0.05) is 23.7 Å². The quantitative estimate of drug-likeness (QED) is 0.335. The summed E-state index contributed by atoms with van der Waals surface area (Å²) in [5, 5.41) is 0. The minimum Gasteiger partial charge on any atom is -0.0620 e. The molecule has 0 heterocycles. The third kappa shape index (κ3) is 1.67. The zero-order valence-corrected chi connectivity index (χ0v) is 15.5. The number of hydrogen-bond donors (Lipinski definition) is 0. The molecule has 0 atom stereocenters. The van der Waals surface area contributed by atoms with Crippen molar-refractivity contribution in [3.63, 3.8) is 0 Å².